The van der Waals surface area contributed by atoms with Crippen LogP contribution in [0.2, 0.25) is 0 Å². The Morgan fingerprint density at radius 1 is 1.40 bits per heavy atom. The van der Waals surface area contributed by atoms with Crippen LogP contribution in [0.25, 0.3) is 0 Å². The minimum atomic E-state index is -0.860. The van der Waals surface area contributed by atoms with E-state index in [0.29, 0.717) is 0 Å². The van der Waals surface area contributed by atoms with Crippen LogP contribution in [0.4, 0.5) is 4.79 Å². The first-order chi connectivity index (χ1) is 4.66. The molecule has 62 valence electrons. The lowest BCUT2D eigenvalue weighted by atomic mass is 10.5. The summed E-state index contributed by atoms with van der Waals surface area (Å²) in [7, 11) is 0. The van der Waals surface area contributed by atoms with Crippen molar-refractivity contribution in [3.8, 4) is 0 Å². The van der Waals surface area contributed by atoms with Crippen molar-refractivity contribution in [1.29, 1.82) is 0 Å². The molecule has 0 N–H and O–H groups in total. The van der Waals surface area contributed by atoms with Gasteiger partial charge in [0.1, 0.15) is 11.9 Å². The van der Waals surface area contributed by atoms with Crippen molar-refractivity contribution in [2.24, 2.45) is 0 Å². The van der Waals surface area contributed by atoms with Gasteiger partial charge in [0.25, 0.3) is 0 Å². The lowest BCUT2D eigenvalue weighted by Gasteiger charge is -2.02. The van der Waals surface area contributed by atoms with E-state index in [1.807, 2.05) is 13.8 Å². The minimum Gasteiger partial charge on any atom is -0.430 e. The molecule has 0 aliphatic carbocycles. The molecule has 4 heteroatoms. The van der Waals surface area contributed by atoms with Gasteiger partial charge in [-0.1, -0.05) is 13.8 Å². The molecule has 0 fully saturated rings. The summed E-state index contributed by atoms with van der Waals surface area (Å²) in [5.41, 5.74) is 0. The minimum absolute atomic E-state index is 0.179. The van der Waals surface area contributed by atoms with Gasteiger partial charge in [0.15, 0.2) is 0 Å². The highest BCUT2D eigenvalue weighted by atomic mass is 35.5. The molecule has 3 nitrogen and oxygen atoms in total. The second-order valence-electron chi connectivity index (χ2n) is 1.49. The fraction of sp³-hybridized carbons (Fsp3) is 0.833. The summed E-state index contributed by atoms with van der Waals surface area (Å²) in [6.45, 7) is 7.40. The lowest BCUT2D eigenvalue weighted by Crippen LogP contribution is -2.08. The number of hydrogen-bond donors (Lipinski definition) is 0. The van der Waals surface area contributed by atoms with Crippen molar-refractivity contribution in [3.63, 3.8) is 0 Å². The third kappa shape index (κ3) is 10.5. The second-order valence-corrected chi connectivity index (χ2v) is 1.65. The highest BCUT2D eigenvalue weighted by Gasteiger charge is 2.03. The summed E-state index contributed by atoms with van der Waals surface area (Å²) in [6, 6.07) is 0. The molecule has 0 heterocycles. The van der Waals surface area contributed by atoms with E-state index in [9.17, 15) is 4.79 Å². The van der Waals surface area contributed by atoms with Gasteiger partial charge in [-0.25, -0.2) is 4.79 Å². The Balaban J connectivity index is 0. The maximum absolute atomic E-state index is 10.0. The summed E-state index contributed by atoms with van der Waals surface area (Å²) < 4.78 is 8.08. The smallest absolute Gasteiger partial charge is 0.430 e. The van der Waals surface area contributed by atoms with Gasteiger partial charge in [0, 0.05) is 0 Å². The fourth-order valence-electron chi connectivity index (χ4n) is 0.211. The van der Waals surface area contributed by atoms with Crippen LogP contribution in [0.3, 0.4) is 0 Å². The second kappa shape index (κ2) is 8.56. The molecule has 0 saturated heterocycles. The molecule has 0 aromatic rings. The van der Waals surface area contributed by atoms with Gasteiger partial charge in [-0.05, 0) is 13.8 Å². The first-order valence-corrected chi connectivity index (χ1v) is 3.47. The summed E-state index contributed by atoms with van der Waals surface area (Å²) in [6.07, 6.45) is -1.04. The molecule has 0 bridgehead atoms. The Hall–Kier alpha value is -0.440. The average molecular weight is 169 g/mol. The molecule has 0 aromatic carbocycles. The largest absolute Gasteiger partial charge is 0.527 e. The zero-order valence-electron chi connectivity index (χ0n) is 6.68. The van der Waals surface area contributed by atoms with Gasteiger partial charge in [0.2, 0.25) is 0 Å². The molecular formula is C6H13ClO3. The number of carbonyl (C=O) groups is 1. The molecule has 0 atom stereocenters. The molecular weight excluding hydrogens is 156 g/mol. The van der Waals surface area contributed by atoms with Gasteiger partial charge in [-0.3, -0.25) is 0 Å². The van der Waals surface area contributed by atoms with Crippen molar-refractivity contribution >= 4 is 18.0 Å². The predicted molar refractivity (Wildman–Crippen MR) is 39.9 cm³/mol. The molecule has 0 spiro atoms. The molecule has 0 unspecified atom stereocenters. The SMILES string of the molecule is CC.CC(C)OC(=O)OCl. The fourth-order valence-corrected chi connectivity index (χ4v) is 0.247. The van der Waals surface area contributed by atoms with E-state index in [4.69, 9.17) is 0 Å². The Morgan fingerprint density at radius 3 is 1.90 bits per heavy atom. The van der Waals surface area contributed by atoms with Crippen LogP contribution < -0.4 is 0 Å². The summed E-state index contributed by atoms with van der Waals surface area (Å²) >= 11 is 4.62. The van der Waals surface area contributed by atoms with Crippen LogP contribution >= 0.6 is 11.9 Å². The summed E-state index contributed by atoms with van der Waals surface area (Å²) in [4.78, 5) is 10.0. The van der Waals surface area contributed by atoms with Crippen molar-refractivity contribution in [2.45, 2.75) is 33.8 Å². The standard InChI is InChI=1S/C4H7ClO3.C2H6/c1-3(2)7-4(6)8-5;1-2/h3H,1-2H3;1-2H3. The highest BCUT2D eigenvalue weighted by Crippen LogP contribution is 1.93. The molecule has 10 heavy (non-hydrogen) atoms. The van der Waals surface area contributed by atoms with E-state index in [1.54, 1.807) is 13.8 Å². The van der Waals surface area contributed by atoms with Gasteiger partial charge in [0.05, 0.1) is 6.10 Å². The number of ether oxygens (including phenoxy) is 1. The Morgan fingerprint density at radius 2 is 1.80 bits per heavy atom. The first-order valence-electron chi connectivity index (χ1n) is 3.16. The summed E-state index contributed by atoms with van der Waals surface area (Å²) in [5.74, 6) is 0. The van der Waals surface area contributed by atoms with Crippen LogP contribution in [0, 0.1) is 0 Å². The van der Waals surface area contributed by atoms with Gasteiger partial charge in [-0.2, -0.15) is 0 Å². The molecule has 0 radical (unpaired) electrons. The number of hydrogen-bond acceptors (Lipinski definition) is 3. The Kier molecular flexibility index (Phi) is 10.5. The van der Waals surface area contributed by atoms with E-state index < -0.39 is 6.16 Å². The zero-order valence-corrected chi connectivity index (χ0v) is 7.44. The van der Waals surface area contributed by atoms with Crippen molar-refractivity contribution in [2.75, 3.05) is 0 Å². The number of rotatable bonds is 1. The molecule has 0 aliphatic heterocycles. The highest BCUT2D eigenvalue weighted by molar-refractivity contribution is 6.12. The monoisotopic (exact) mass is 168 g/mol. The predicted octanol–water partition coefficient (Wildman–Crippen LogP) is 2.73. The quantitative estimate of drug-likeness (QED) is 0.565. The maximum atomic E-state index is 10.0. The van der Waals surface area contributed by atoms with Crippen LogP contribution in [-0.2, 0) is 9.03 Å². The van der Waals surface area contributed by atoms with Crippen molar-refractivity contribution in [1.82, 2.24) is 0 Å². The van der Waals surface area contributed by atoms with Crippen molar-refractivity contribution in [3.05, 3.63) is 0 Å². The topological polar surface area (TPSA) is 35.5 Å². The molecule has 0 aliphatic rings. The molecule has 0 saturated carbocycles. The molecule has 0 rings (SSSR count). The van der Waals surface area contributed by atoms with Crippen LogP contribution in [0.15, 0.2) is 0 Å². The molecule has 0 amide bonds. The zero-order chi connectivity index (χ0) is 8.57. The van der Waals surface area contributed by atoms with Crippen LogP contribution in [0.1, 0.15) is 27.7 Å². The van der Waals surface area contributed by atoms with E-state index in [2.05, 4.69) is 20.9 Å². The maximum Gasteiger partial charge on any atom is 0.527 e. The van der Waals surface area contributed by atoms with Crippen LogP contribution in [0.5, 0.6) is 0 Å². The number of carbonyl (C=O) groups excluding carboxylic acids is 1. The van der Waals surface area contributed by atoms with Gasteiger partial charge in [-0.15, -0.1) is 0 Å². The van der Waals surface area contributed by atoms with E-state index in [0.717, 1.165) is 0 Å². The van der Waals surface area contributed by atoms with E-state index in [1.165, 1.54) is 0 Å². The van der Waals surface area contributed by atoms with Gasteiger partial charge >= 0.3 is 6.16 Å². The van der Waals surface area contributed by atoms with E-state index in [-0.39, 0.29) is 6.10 Å². The Bertz CT molecular complexity index is 83.1. The lowest BCUT2D eigenvalue weighted by molar-refractivity contribution is 0.0759. The third-order valence-corrected chi connectivity index (χ3v) is 0.521. The van der Waals surface area contributed by atoms with Crippen LogP contribution in [-0.4, -0.2) is 12.3 Å². The Labute approximate surface area is 66.4 Å². The number of halogens is 1. The van der Waals surface area contributed by atoms with Crippen molar-refractivity contribution < 1.29 is 13.8 Å². The summed E-state index contributed by atoms with van der Waals surface area (Å²) in [5, 5.41) is 0. The van der Waals surface area contributed by atoms with E-state index >= 15 is 0 Å². The first kappa shape index (κ1) is 12.3. The van der Waals surface area contributed by atoms with Gasteiger partial charge < -0.3 is 9.03 Å². The third-order valence-electron chi connectivity index (χ3n) is 0.395. The normalized spacial score (nSPS) is 7.80. The average Bonchev–Trinajstić information content (AvgIpc) is 1.91. The molecule has 0 aromatic heterocycles.